The van der Waals surface area contributed by atoms with Crippen LogP contribution in [0.1, 0.15) is 27.2 Å². The van der Waals surface area contributed by atoms with Crippen molar-refractivity contribution in [2.45, 2.75) is 27.2 Å². The Balaban J connectivity index is 0. The molecule has 0 saturated carbocycles. The average molecular weight is 451 g/mol. The second-order valence-corrected chi connectivity index (χ2v) is 8.76. The first-order valence-corrected chi connectivity index (χ1v) is 10.2. The number of hydrogen-bond donors (Lipinski definition) is 0. The van der Waals surface area contributed by atoms with Crippen molar-refractivity contribution in [3.05, 3.63) is 0 Å². The van der Waals surface area contributed by atoms with E-state index >= 15 is 0 Å². The van der Waals surface area contributed by atoms with Crippen LogP contribution in [0.5, 0.6) is 0 Å². The maximum absolute atomic E-state index is 11.2. The fourth-order valence-corrected chi connectivity index (χ4v) is 2.10. The Labute approximate surface area is 186 Å². The molecular formula is C21H42N2O8+2. The van der Waals surface area contributed by atoms with Crippen molar-refractivity contribution in [2.75, 3.05) is 81.8 Å². The van der Waals surface area contributed by atoms with Crippen LogP contribution in [0.4, 0.5) is 0 Å². The summed E-state index contributed by atoms with van der Waals surface area (Å²) >= 11 is 0. The van der Waals surface area contributed by atoms with E-state index in [9.17, 15) is 19.2 Å². The molecule has 31 heavy (non-hydrogen) atoms. The van der Waals surface area contributed by atoms with E-state index in [4.69, 9.17) is 9.47 Å². The summed E-state index contributed by atoms with van der Waals surface area (Å²) in [7, 11) is 10.5. The Morgan fingerprint density at radius 1 is 0.742 bits per heavy atom. The Hall–Kier alpha value is -2.20. The summed E-state index contributed by atoms with van der Waals surface area (Å²) in [5, 5.41) is 0. The highest BCUT2D eigenvalue weighted by Gasteiger charge is 2.21. The number of likely N-dealkylation sites (N-methyl/N-ethyl adjacent to an activating group) is 2. The highest BCUT2D eigenvalue weighted by atomic mass is 16.5. The molecule has 0 aliphatic heterocycles. The van der Waals surface area contributed by atoms with Gasteiger partial charge in [0.2, 0.25) is 0 Å². The minimum Gasteiger partial charge on any atom is -0.469 e. The van der Waals surface area contributed by atoms with E-state index in [1.54, 1.807) is 13.8 Å². The van der Waals surface area contributed by atoms with Crippen LogP contribution in [0, 0.1) is 5.92 Å². The molecule has 0 atom stereocenters. The van der Waals surface area contributed by atoms with Crippen molar-refractivity contribution in [3.63, 3.8) is 0 Å². The van der Waals surface area contributed by atoms with E-state index in [2.05, 4.69) is 9.47 Å². The van der Waals surface area contributed by atoms with Crippen LogP contribution in [-0.4, -0.2) is 115 Å². The van der Waals surface area contributed by atoms with Gasteiger partial charge in [0.05, 0.1) is 61.3 Å². The Kier molecular flexibility index (Phi) is 15.6. The number of hydrogen-bond acceptors (Lipinski definition) is 8. The number of rotatable bonds is 12. The van der Waals surface area contributed by atoms with Gasteiger partial charge in [0.25, 0.3) is 0 Å². The van der Waals surface area contributed by atoms with Crippen molar-refractivity contribution >= 4 is 23.9 Å². The van der Waals surface area contributed by atoms with E-state index in [0.29, 0.717) is 48.2 Å². The Morgan fingerprint density at radius 3 is 1.68 bits per heavy atom. The summed E-state index contributed by atoms with van der Waals surface area (Å²) in [5.41, 5.74) is 0. The van der Waals surface area contributed by atoms with Gasteiger partial charge in [-0.05, 0) is 0 Å². The van der Waals surface area contributed by atoms with E-state index in [1.165, 1.54) is 21.1 Å². The van der Waals surface area contributed by atoms with Crippen molar-refractivity contribution in [1.82, 2.24) is 0 Å². The van der Waals surface area contributed by atoms with Crippen LogP contribution >= 0.6 is 0 Å². The molecule has 0 aromatic carbocycles. The van der Waals surface area contributed by atoms with Crippen LogP contribution in [0.3, 0.4) is 0 Å². The molecule has 0 saturated heterocycles. The Morgan fingerprint density at radius 2 is 1.23 bits per heavy atom. The summed E-state index contributed by atoms with van der Waals surface area (Å²) in [4.78, 5) is 43.7. The lowest BCUT2D eigenvalue weighted by Gasteiger charge is -2.29. The van der Waals surface area contributed by atoms with E-state index in [-0.39, 0.29) is 36.3 Å². The fraction of sp³-hybridized carbons (Fsp3) is 0.810. The highest BCUT2D eigenvalue weighted by Crippen LogP contribution is 2.02. The summed E-state index contributed by atoms with van der Waals surface area (Å²) in [6.45, 7) is 7.90. The van der Waals surface area contributed by atoms with Gasteiger partial charge in [0.1, 0.15) is 26.3 Å². The quantitative estimate of drug-likeness (QED) is 0.242. The first kappa shape index (κ1) is 31.0. The molecule has 0 aromatic rings. The number of carbonyl (C=O) groups excluding carboxylic acids is 4. The van der Waals surface area contributed by atoms with Gasteiger partial charge in [0, 0.05) is 6.92 Å². The average Bonchev–Trinajstić information content (AvgIpc) is 2.65. The smallest absolute Gasteiger partial charge is 0.361 e. The van der Waals surface area contributed by atoms with E-state index in [1.807, 2.05) is 28.2 Å². The third-order valence-electron chi connectivity index (χ3n) is 4.35. The number of carbonyl (C=O) groups is 4. The lowest BCUT2D eigenvalue weighted by molar-refractivity contribution is -0.889. The molecule has 10 nitrogen and oxygen atoms in total. The lowest BCUT2D eigenvalue weighted by atomic mass is 10.2. The minimum atomic E-state index is -0.303. The molecule has 182 valence electrons. The molecule has 0 spiro atoms. The molecule has 0 aliphatic carbocycles. The monoisotopic (exact) mass is 450 g/mol. The molecule has 0 N–H and O–H groups in total. The summed E-state index contributed by atoms with van der Waals surface area (Å²) < 4.78 is 20.1. The molecule has 0 amide bonds. The van der Waals surface area contributed by atoms with Gasteiger partial charge in [-0.1, -0.05) is 13.8 Å². The van der Waals surface area contributed by atoms with Crippen molar-refractivity contribution in [2.24, 2.45) is 5.92 Å². The van der Waals surface area contributed by atoms with Crippen LogP contribution in [-0.2, 0) is 38.1 Å². The van der Waals surface area contributed by atoms with Gasteiger partial charge in [-0.2, -0.15) is 0 Å². The van der Waals surface area contributed by atoms with Crippen LogP contribution in [0.2, 0.25) is 0 Å². The fourth-order valence-electron chi connectivity index (χ4n) is 2.10. The largest absolute Gasteiger partial charge is 0.469 e. The Bertz CT molecular complexity index is 574. The molecule has 0 unspecified atom stereocenters. The minimum absolute atomic E-state index is 0.0966. The number of nitrogens with zero attached hydrogens (tertiary/aromatic N) is 2. The SMILES string of the molecule is COC(=O)CC[N+](C)(C)CCOC(=O)C(C)C.COC(=O)C[N+](C)(C)CCOC(C)=O. The first-order valence-electron chi connectivity index (χ1n) is 10.2. The number of quaternary nitrogens is 2. The number of methoxy groups -OCH3 is 2. The zero-order valence-electron chi connectivity index (χ0n) is 20.7. The van der Waals surface area contributed by atoms with Gasteiger partial charge in [-0.3, -0.25) is 14.4 Å². The van der Waals surface area contributed by atoms with Gasteiger partial charge < -0.3 is 27.9 Å². The van der Waals surface area contributed by atoms with Crippen molar-refractivity contribution in [3.8, 4) is 0 Å². The molecule has 10 heteroatoms. The first-order chi connectivity index (χ1) is 14.2. The molecule has 0 rings (SSSR count). The summed E-state index contributed by atoms with van der Waals surface area (Å²) in [5.74, 6) is -1.06. The third-order valence-corrected chi connectivity index (χ3v) is 4.35. The van der Waals surface area contributed by atoms with Crippen molar-refractivity contribution < 1.29 is 47.1 Å². The molecule has 0 heterocycles. The van der Waals surface area contributed by atoms with Gasteiger partial charge >= 0.3 is 23.9 Å². The normalized spacial score (nSPS) is 11.2. The van der Waals surface area contributed by atoms with Crippen molar-refractivity contribution in [1.29, 1.82) is 0 Å². The van der Waals surface area contributed by atoms with Crippen LogP contribution in [0.15, 0.2) is 0 Å². The topological polar surface area (TPSA) is 105 Å². The lowest BCUT2D eigenvalue weighted by Crippen LogP contribution is -2.46. The molecule has 0 fully saturated rings. The van der Waals surface area contributed by atoms with E-state index in [0.717, 1.165) is 0 Å². The predicted octanol–water partition coefficient (Wildman–Crippen LogP) is 0.624. The zero-order chi connectivity index (χ0) is 24.7. The predicted molar refractivity (Wildman–Crippen MR) is 115 cm³/mol. The molecule has 0 aromatic heterocycles. The maximum atomic E-state index is 11.2. The second kappa shape index (κ2) is 15.6. The molecule has 0 bridgehead atoms. The molecule has 0 radical (unpaired) electrons. The van der Waals surface area contributed by atoms with Gasteiger partial charge in [0.15, 0.2) is 6.54 Å². The second-order valence-electron chi connectivity index (χ2n) is 8.76. The molecule has 0 aliphatic rings. The zero-order valence-corrected chi connectivity index (χ0v) is 20.7. The summed E-state index contributed by atoms with van der Waals surface area (Å²) in [6.07, 6.45) is 0.377. The summed E-state index contributed by atoms with van der Waals surface area (Å²) in [6, 6.07) is 0. The van der Waals surface area contributed by atoms with Crippen LogP contribution in [0.25, 0.3) is 0 Å². The highest BCUT2D eigenvalue weighted by molar-refractivity contribution is 5.71. The van der Waals surface area contributed by atoms with Crippen LogP contribution < -0.4 is 0 Å². The van der Waals surface area contributed by atoms with Gasteiger partial charge in [-0.15, -0.1) is 0 Å². The standard InChI is InChI=1S/C12H24NO4.C9H18NO4/c1-10(2)12(15)17-9-8-13(3,4)7-6-11(14)16-5;1-8(11)14-6-5-10(2,3)7-9(12)13-4/h10H,6-9H2,1-5H3;5-7H2,1-4H3/q2*+1. The number of ether oxygens (including phenoxy) is 4. The van der Waals surface area contributed by atoms with Gasteiger partial charge in [-0.25, -0.2) is 4.79 Å². The maximum Gasteiger partial charge on any atom is 0.361 e. The third kappa shape index (κ3) is 19.5. The molecular weight excluding hydrogens is 408 g/mol. The van der Waals surface area contributed by atoms with E-state index < -0.39 is 0 Å². The number of esters is 4.